The van der Waals surface area contributed by atoms with Crippen LogP contribution in [0.15, 0.2) is 0 Å². The molecule has 0 rings (SSSR count). The van der Waals surface area contributed by atoms with Crippen LogP contribution in [0, 0.1) is 0 Å². The topological polar surface area (TPSA) is 74.6 Å². The number of hydrogen-bond donors (Lipinski definition) is 2. The van der Waals surface area contributed by atoms with Crippen molar-refractivity contribution in [2.24, 2.45) is 0 Å². The number of hydrogen-bond acceptors (Lipinski definition) is 2. The molecule has 0 radical (unpaired) electrons. The van der Waals surface area contributed by atoms with E-state index in [1.54, 1.807) is 0 Å². The highest BCUT2D eigenvalue weighted by atomic mass is 19.4. The molecule has 0 aliphatic heterocycles. The van der Waals surface area contributed by atoms with Crippen LogP contribution < -0.4 is 0 Å². The van der Waals surface area contributed by atoms with E-state index in [2.05, 4.69) is 0 Å². The molecule has 0 amide bonds. The summed E-state index contributed by atoms with van der Waals surface area (Å²) in [5.41, 5.74) is 0. The van der Waals surface area contributed by atoms with Crippen molar-refractivity contribution in [2.75, 3.05) is 6.67 Å². The third-order valence-electron chi connectivity index (χ3n) is 0.357. The van der Waals surface area contributed by atoms with Crippen LogP contribution in [0.1, 0.15) is 0 Å². The Morgan fingerprint density at radius 2 is 1.33 bits per heavy atom. The standard InChI is InChI=1S/C2HF3O2.C2H3FO2/c3-2(4,5)1(6)7;3-1-2(4)5/h(H,6,7);1H2,(H,4,5). The minimum absolute atomic E-state index is 1.28. The summed E-state index contributed by atoms with van der Waals surface area (Å²) < 4.78 is 42.3. The zero-order valence-corrected chi connectivity index (χ0v) is 5.43. The molecule has 12 heavy (non-hydrogen) atoms. The van der Waals surface area contributed by atoms with E-state index in [9.17, 15) is 17.6 Å². The third kappa shape index (κ3) is 11.5. The van der Waals surface area contributed by atoms with Gasteiger partial charge in [-0.25, -0.2) is 14.0 Å². The lowest BCUT2D eigenvalue weighted by Crippen LogP contribution is -2.21. The predicted octanol–water partition coefficient (Wildman–Crippen LogP) is 0.674. The number of aliphatic carboxylic acids is 2. The first-order valence-corrected chi connectivity index (χ1v) is 2.29. The zero-order chi connectivity index (χ0) is 10.4. The molecule has 0 fully saturated rings. The van der Waals surface area contributed by atoms with Gasteiger partial charge < -0.3 is 10.2 Å². The van der Waals surface area contributed by atoms with Crippen LogP contribution >= 0.6 is 0 Å². The average molecular weight is 192 g/mol. The lowest BCUT2D eigenvalue weighted by atomic mass is 10.7. The van der Waals surface area contributed by atoms with Crippen LogP contribution in [0.4, 0.5) is 17.6 Å². The fraction of sp³-hybridized carbons (Fsp3) is 0.500. The van der Waals surface area contributed by atoms with Crippen molar-refractivity contribution in [1.29, 1.82) is 0 Å². The number of carboxylic acids is 2. The average Bonchev–Trinajstić information content (AvgIpc) is 1.87. The zero-order valence-electron chi connectivity index (χ0n) is 5.43. The molecule has 0 aromatic heterocycles. The normalized spacial score (nSPS) is 9.67. The Balaban J connectivity index is 0. The molecule has 0 aromatic rings. The summed E-state index contributed by atoms with van der Waals surface area (Å²) in [4.78, 5) is 17.9. The second-order valence-corrected chi connectivity index (χ2v) is 1.33. The summed E-state index contributed by atoms with van der Waals surface area (Å²) in [5, 5.41) is 14.5. The highest BCUT2D eigenvalue weighted by Gasteiger charge is 2.38. The molecule has 0 aromatic carbocycles. The van der Waals surface area contributed by atoms with Crippen LogP contribution in [0.2, 0.25) is 0 Å². The SMILES string of the molecule is O=C(O)C(F)(F)F.O=C(O)CF. The van der Waals surface area contributed by atoms with E-state index in [0.29, 0.717) is 0 Å². The Morgan fingerprint density at radius 3 is 1.33 bits per heavy atom. The fourth-order valence-corrected chi connectivity index (χ4v) is 0. The van der Waals surface area contributed by atoms with Crippen LogP contribution in [0.3, 0.4) is 0 Å². The molecular weight excluding hydrogens is 188 g/mol. The molecule has 0 spiro atoms. The van der Waals surface area contributed by atoms with Crippen LogP contribution in [0.5, 0.6) is 0 Å². The van der Waals surface area contributed by atoms with Gasteiger partial charge in [0, 0.05) is 0 Å². The van der Waals surface area contributed by atoms with Crippen LogP contribution in [-0.4, -0.2) is 35.0 Å². The van der Waals surface area contributed by atoms with E-state index in [1.165, 1.54) is 0 Å². The van der Waals surface area contributed by atoms with Gasteiger partial charge in [0.15, 0.2) is 6.67 Å². The van der Waals surface area contributed by atoms with Gasteiger partial charge in [-0.05, 0) is 0 Å². The van der Waals surface area contributed by atoms with Crippen LogP contribution in [0.25, 0.3) is 0 Å². The van der Waals surface area contributed by atoms with E-state index in [0.717, 1.165) is 0 Å². The predicted molar refractivity (Wildman–Crippen MR) is 27.3 cm³/mol. The Labute approximate surface area is 63.4 Å². The van der Waals surface area contributed by atoms with Crippen molar-refractivity contribution in [1.82, 2.24) is 0 Å². The first-order valence-electron chi connectivity index (χ1n) is 2.29. The number of rotatable bonds is 1. The van der Waals surface area contributed by atoms with Gasteiger partial charge in [0.05, 0.1) is 0 Å². The van der Waals surface area contributed by atoms with Gasteiger partial charge in [-0.15, -0.1) is 0 Å². The quantitative estimate of drug-likeness (QED) is 0.599. The van der Waals surface area contributed by atoms with E-state index >= 15 is 0 Å². The Hall–Kier alpha value is -1.34. The van der Waals surface area contributed by atoms with Crippen molar-refractivity contribution in [3.05, 3.63) is 0 Å². The number of carbonyl (C=O) groups is 2. The van der Waals surface area contributed by atoms with Crippen molar-refractivity contribution in [2.45, 2.75) is 6.18 Å². The molecule has 0 aliphatic carbocycles. The number of carboxylic acid groups (broad SMARTS) is 2. The monoisotopic (exact) mass is 192 g/mol. The van der Waals surface area contributed by atoms with Gasteiger partial charge in [-0.3, -0.25) is 0 Å². The third-order valence-corrected chi connectivity index (χ3v) is 0.357. The molecule has 0 aliphatic rings. The molecule has 8 heteroatoms. The first kappa shape index (κ1) is 13.3. The van der Waals surface area contributed by atoms with Gasteiger partial charge in [0.1, 0.15) is 0 Å². The molecule has 0 heterocycles. The summed E-state index contributed by atoms with van der Waals surface area (Å²) in [7, 11) is 0. The van der Waals surface area contributed by atoms with Crippen molar-refractivity contribution < 1.29 is 37.4 Å². The largest absolute Gasteiger partial charge is 0.490 e. The minimum Gasteiger partial charge on any atom is -0.479 e. The van der Waals surface area contributed by atoms with Crippen LogP contribution in [-0.2, 0) is 9.59 Å². The molecule has 0 unspecified atom stereocenters. The lowest BCUT2D eigenvalue weighted by Gasteiger charge is -1.93. The van der Waals surface area contributed by atoms with E-state index in [4.69, 9.17) is 19.8 Å². The van der Waals surface area contributed by atoms with E-state index < -0.39 is 24.8 Å². The molecule has 0 atom stereocenters. The highest BCUT2D eigenvalue weighted by molar-refractivity contribution is 5.73. The minimum atomic E-state index is -5.08. The van der Waals surface area contributed by atoms with Gasteiger partial charge in [-0.2, -0.15) is 13.2 Å². The molecule has 0 saturated carbocycles. The number of halogens is 4. The summed E-state index contributed by atoms with van der Waals surface area (Å²) in [6, 6.07) is 0. The van der Waals surface area contributed by atoms with E-state index in [1.807, 2.05) is 0 Å². The Bertz CT molecular complexity index is 163. The van der Waals surface area contributed by atoms with Crippen molar-refractivity contribution in [3.63, 3.8) is 0 Å². The molecule has 72 valence electrons. The number of alkyl halides is 4. The fourth-order valence-electron chi connectivity index (χ4n) is 0. The molecule has 2 N–H and O–H groups in total. The molecular formula is C4H4F4O4. The summed E-state index contributed by atoms with van der Waals surface area (Å²) in [5.74, 6) is -4.17. The van der Waals surface area contributed by atoms with E-state index in [-0.39, 0.29) is 0 Å². The Morgan fingerprint density at radius 1 is 1.17 bits per heavy atom. The Kier molecular flexibility index (Phi) is 5.89. The second kappa shape index (κ2) is 5.33. The maximum atomic E-state index is 10.6. The van der Waals surface area contributed by atoms with Gasteiger partial charge in [0.25, 0.3) is 0 Å². The van der Waals surface area contributed by atoms with Crippen molar-refractivity contribution in [3.8, 4) is 0 Å². The first-order chi connectivity index (χ1) is 5.21. The maximum absolute atomic E-state index is 10.6. The second-order valence-electron chi connectivity index (χ2n) is 1.33. The summed E-state index contributed by atoms with van der Waals surface area (Å²) in [6.45, 7) is -1.28. The van der Waals surface area contributed by atoms with Crippen molar-refractivity contribution >= 4 is 11.9 Å². The smallest absolute Gasteiger partial charge is 0.479 e. The molecule has 0 saturated heterocycles. The summed E-state index contributed by atoms with van der Waals surface area (Å²) in [6.07, 6.45) is -5.08. The van der Waals surface area contributed by atoms with Gasteiger partial charge >= 0.3 is 18.1 Å². The highest BCUT2D eigenvalue weighted by Crippen LogP contribution is 2.13. The summed E-state index contributed by atoms with van der Waals surface area (Å²) >= 11 is 0. The maximum Gasteiger partial charge on any atom is 0.490 e. The molecule has 0 bridgehead atoms. The van der Waals surface area contributed by atoms with Gasteiger partial charge in [0.2, 0.25) is 0 Å². The molecule has 4 nitrogen and oxygen atoms in total. The lowest BCUT2D eigenvalue weighted by molar-refractivity contribution is -0.192. The van der Waals surface area contributed by atoms with Gasteiger partial charge in [-0.1, -0.05) is 0 Å².